The molecule has 5 heteroatoms. The largest absolute Gasteiger partial charge is 0.433 e. The van der Waals surface area contributed by atoms with E-state index in [4.69, 9.17) is 0 Å². The molecule has 114 valence electrons. The molecular weight excluding hydrogens is 265 g/mol. The molecule has 0 unspecified atom stereocenters. The second kappa shape index (κ2) is 6.95. The molecule has 0 saturated carbocycles. The quantitative estimate of drug-likeness (QED) is 0.704. The zero-order chi connectivity index (χ0) is 15.2. The average Bonchev–Trinajstić information content (AvgIpc) is 2.36. The first kappa shape index (κ1) is 16.8. The summed E-state index contributed by atoms with van der Waals surface area (Å²) in [5.41, 5.74) is -0.809. The maximum Gasteiger partial charge on any atom is 0.433 e. The van der Waals surface area contributed by atoms with Gasteiger partial charge in [-0.1, -0.05) is 46.1 Å². The summed E-state index contributed by atoms with van der Waals surface area (Å²) in [5, 5.41) is 3.01. The summed E-state index contributed by atoms with van der Waals surface area (Å²) < 4.78 is 37.7. The van der Waals surface area contributed by atoms with E-state index in [9.17, 15) is 13.2 Å². The molecule has 1 heterocycles. The van der Waals surface area contributed by atoms with Crippen LogP contribution in [-0.2, 0) is 6.18 Å². The van der Waals surface area contributed by atoms with Crippen LogP contribution >= 0.6 is 0 Å². The summed E-state index contributed by atoms with van der Waals surface area (Å²) in [6, 6.07) is 3.93. The lowest BCUT2D eigenvalue weighted by Gasteiger charge is -2.25. The van der Waals surface area contributed by atoms with E-state index < -0.39 is 11.9 Å². The second-order valence-electron chi connectivity index (χ2n) is 5.88. The van der Waals surface area contributed by atoms with Crippen LogP contribution in [0.2, 0.25) is 0 Å². The van der Waals surface area contributed by atoms with Gasteiger partial charge in [0.15, 0.2) is 0 Å². The highest BCUT2D eigenvalue weighted by Gasteiger charge is 2.32. The van der Waals surface area contributed by atoms with Crippen LogP contribution in [0.3, 0.4) is 0 Å². The van der Waals surface area contributed by atoms with Crippen molar-refractivity contribution >= 4 is 5.82 Å². The Labute approximate surface area is 118 Å². The van der Waals surface area contributed by atoms with Gasteiger partial charge in [0.1, 0.15) is 11.5 Å². The Morgan fingerprint density at radius 2 is 1.85 bits per heavy atom. The lowest BCUT2D eigenvalue weighted by Crippen LogP contribution is -2.23. The molecule has 0 saturated heterocycles. The molecule has 1 N–H and O–H groups in total. The third-order valence-electron chi connectivity index (χ3n) is 3.24. The van der Waals surface area contributed by atoms with Gasteiger partial charge in [-0.05, 0) is 24.0 Å². The highest BCUT2D eigenvalue weighted by molar-refractivity contribution is 5.36. The number of hydrogen-bond donors (Lipinski definition) is 1. The molecule has 2 nitrogen and oxygen atoms in total. The molecule has 20 heavy (non-hydrogen) atoms. The molecule has 0 spiro atoms. The summed E-state index contributed by atoms with van der Waals surface area (Å²) in [6.45, 7) is 7.00. The molecule has 0 atom stereocenters. The van der Waals surface area contributed by atoms with Gasteiger partial charge in [-0.2, -0.15) is 13.2 Å². The number of nitrogens with one attached hydrogen (secondary N) is 1. The van der Waals surface area contributed by atoms with Crippen LogP contribution in [0.1, 0.15) is 52.1 Å². The molecule has 0 radical (unpaired) electrons. The highest BCUT2D eigenvalue weighted by atomic mass is 19.4. The summed E-state index contributed by atoms with van der Waals surface area (Å²) >= 11 is 0. The van der Waals surface area contributed by atoms with Gasteiger partial charge in [-0.25, -0.2) is 4.98 Å². The summed E-state index contributed by atoms with van der Waals surface area (Å²) in [7, 11) is 0. The predicted octanol–water partition coefficient (Wildman–Crippen LogP) is 5.12. The first-order valence-corrected chi connectivity index (χ1v) is 7.03. The van der Waals surface area contributed by atoms with Gasteiger partial charge in [-0.15, -0.1) is 0 Å². The molecular formula is C15H23F3N2. The van der Waals surface area contributed by atoms with Gasteiger partial charge < -0.3 is 5.32 Å². The van der Waals surface area contributed by atoms with Gasteiger partial charge >= 0.3 is 6.18 Å². The van der Waals surface area contributed by atoms with Crippen LogP contribution < -0.4 is 5.32 Å². The second-order valence-corrected chi connectivity index (χ2v) is 5.88. The van der Waals surface area contributed by atoms with Gasteiger partial charge in [0.05, 0.1) is 0 Å². The maximum absolute atomic E-state index is 12.6. The third-order valence-corrected chi connectivity index (χ3v) is 3.24. The molecule has 1 rings (SSSR count). The van der Waals surface area contributed by atoms with E-state index in [2.05, 4.69) is 31.1 Å². The van der Waals surface area contributed by atoms with Crippen LogP contribution in [0.15, 0.2) is 18.2 Å². The van der Waals surface area contributed by atoms with E-state index in [1.807, 2.05) is 0 Å². The first-order chi connectivity index (χ1) is 9.24. The Bertz CT molecular complexity index is 414. The van der Waals surface area contributed by atoms with E-state index >= 15 is 0 Å². The Morgan fingerprint density at radius 1 is 1.15 bits per heavy atom. The molecule has 0 aromatic carbocycles. The fraction of sp³-hybridized carbons (Fsp3) is 0.667. The molecule has 1 aromatic heterocycles. The van der Waals surface area contributed by atoms with Crippen LogP contribution in [0.25, 0.3) is 0 Å². The Morgan fingerprint density at radius 3 is 2.45 bits per heavy atom. The van der Waals surface area contributed by atoms with Crippen molar-refractivity contribution in [2.45, 2.75) is 52.6 Å². The van der Waals surface area contributed by atoms with Crippen molar-refractivity contribution < 1.29 is 13.2 Å². The monoisotopic (exact) mass is 288 g/mol. The number of halogens is 3. The van der Waals surface area contributed by atoms with Gasteiger partial charge in [0.25, 0.3) is 0 Å². The summed E-state index contributed by atoms with van der Waals surface area (Å²) in [4.78, 5) is 3.61. The number of anilines is 1. The summed E-state index contributed by atoms with van der Waals surface area (Å²) in [5.74, 6) is 0.281. The van der Waals surface area contributed by atoms with Crippen molar-refractivity contribution in [1.29, 1.82) is 0 Å². The molecule has 1 aromatic rings. The molecule has 0 bridgehead atoms. The number of alkyl halides is 3. The summed E-state index contributed by atoms with van der Waals surface area (Å²) in [6.07, 6.45) is 0.145. The van der Waals surface area contributed by atoms with Crippen molar-refractivity contribution in [1.82, 2.24) is 4.98 Å². The number of rotatable bonds is 7. The Kier molecular flexibility index (Phi) is 5.84. The van der Waals surface area contributed by atoms with Crippen molar-refractivity contribution in [3.63, 3.8) is 0 Å². The van der Waals surface area contributed by atoms with Crippen LogP contribution in [0.4, 0.5) is 19.0 Å². The molecule has 0 aliphatic rings. The zero-order valence-electron chi connectivity index (χ0n) is 12.3. The Hall–Kier alpha value is -1.26. The first-order valence-electron chi connectivity index (χ1n) is 7.03. The lowest BCUT2D eigenvalue weighted by molar-refractivity contribution is -0.141. The molecule has 0 aliphatic heterocycles. The third kappa shape index (κ3) is 5.80. The van der Waals surface area contributed by atoms with E-state index in [1.54, 1.807) is 6.07 Å². The predicted molar refractivity (Wildman–Crippen MR) is 75.7 cm³/mol. The minimum atomic E-state index is -4.39. The average molecular weight is 288 g/mol. The molecule has 0 aliphatic carbocycles. The van der Waals surface area contributed by atoms with Crippen molar-refractivity contribution in [2.75, 3.05) is 11.9 Å². The smallest absolute Gasteiger partial charge is 0.370 e. The van der Waals surface area contributed by atoms with Gasteiger partial charge in [0.2, 0.25) is 0 Å². The van der Waals surface area contributed by atoms with Crippen LogP contribution in [-0.4, -0.2) is 11.5 Å². The minimum Gasteiger partial charge on any atom is -0.370 e. The van der Waals surface area contributed by atoms with Gasteiger partial charge in [0, 0.05) is 6.54 Å². The molecule has 0 fully saturated rings. The van der Waals surface area contributed by atoms with Crippen LogP contribution in [0.5, 0.6) is 0 Å². The van der Waals surface area contributed by atoms with Gasteiger partial charge in [-0.3, -0.25) is 0 Å². The SMILES string of the molecule is CCCCCC(C)(C)CNc1cccc(C(F)(F)F)n1. The minimum absolute atomic E-state index is 0.0467. The number of unbranched alkanes of at least 4 members (excludes halogenated alkanes) is 2. The maximum atomic E-state index is 12.6. The lowest BCUT2D eigenvalue weighted by atomic mass is 9.87. The van der Waals surface area contributed by atoms with E-state index in [0.717, 1.165) is 18.9 Å². The van der Waals surface area contributed by atoms with E-state index in [1.165, 1.54) is 18.9 Å². The highest BCUT2D eigenvalue weighted by Crippen LogP contribution is 2.29. The Balaban J connectivity index is 2.57. The van der Waals surface area contributed by atoms with Crippen molar-refractivity contribution in [3.05, 3.63) is 23.9 Å². The number of pyridine rings is 1. The fourth-order valence-corrected chi connectivity index (χ4v) is 1.96. The van der Waals surface area contributed by atoms with Crippen molar-refractivity contribution in [2.24, 2.45) is 5.41 Å². The number of aromatic nitrogens is 1. The van der Waals surface area contributed by atoms with Crippen LogP contribution in [0, 0.1) is 5.41 Å². The van der Waals surface area contributed by atoms with E-state index in [0.29, 0.717) is 6.54 Å². The zero-order valence-corrected chi connectivity index (χ0v) is 12.3. The van der Waals surface area contributed by atoms with E-state index in [-0.39, 0.29) is 11.2 Å². The van der Waals surface area contributed by atoms with Crippen molar-refractivity contribution in [3.8, 4) is 0 Å². The fourth-order valence-electron chi connectivity index (χ4n) is 1.96. The number of nitrogens with zero attached hydrogens (tertiary/aromatic N) is 1. The molecule has 0 amide bonds. The topological polar surface area (TPSA) is 24.9 Å². The number of hydrogen-bond acceptors (Lipinski definition) is 2. The standard InChI is InChI=1S/C15H23F3N2/c1-4-5-6-10-14(2,3)11-19-13-9-7-8-12(20-13)15(16,17)18/h7-9H,4-6,10-11H2,1-3H3,(H,19,20). The normalized spacial score (nSPS) is 12.5.